The highest BCUT2D eigenvalue weighted by atomic mass is 19.4. The van der Waals surface area contributed by atoms with Crippen LogP contribution in [0.15, 0.2) is 35.3 Å². The van der Waals surface area contributed by atoms with Gasteiger partial charge in [-0.05, 0) is 43.9 Å². The summed E-state index contributed by atoms with van der Waals surface area (Å²) in [6.45, 7) is -0.990. The van der Waals surface area contributed by atoms with E-state index in [1.807, 2.05) is 0 Å². The van der Waals surface area contributed by atoms with Gasteiger partial charge >= 0.3 is 12.1 Å². The number of alkyl halides is 4. The van der Waals surface area contributed by atoms with Gasteiger partial charge in [-0.2, -0.15) is 13.2 Å². The van der Waals surface area contributed by atoms with Gasteiger partial charge in [-0.25, -0.2) is 9.18 Å². The Bertz CT molecular complexity index is 1070. The van der Waals surface area contributed by atoms with E-state index in [4.69, 9.17) is 5.73 Å². The summed E-state index contributed by atoms with van der Waals surface area (Å²) in [4.78, 5) is 25.0. The normalized spacial score (nSPS) is 24.8. The van der Waals surface area contributed by atoms with Crippen molar-refractivity contribution >= 4 is 11.5 Å². The molecule has 2 aromatic rings. The molecule has 3 N–H and O–H groups in total. The van der Waals surface area contributed by atoms with Gasteiger partial charge in [0.1, 0.15) is 11.1 Å². The van der Waals surface area contributed by atoms with Gasteiger partial charge in [0.15, 0.2) is 5.79 Å². The summed E-state index contributed by atoms with van der Waals surface area (Å²) >= 11 is 0. The molecular weight excluding hydrogens is 406 g/mol. The molecule has 162 valence electrons. The van der Waals surface area contributed by atoms with Gasteiger partial charge < -0.3 is 10.8 Å². The van der Waals surface area contributed by atoms with E-state index in [1.165, 1.54) is 24.4 Å². The maximum atomic E-state index is 17.0. The van der Waals surface area contributed by atoms with Crippen molar-refractivity contribution in [2.24, 2.45) is 11.7 Å². The zero-order valence-electron chi connectivity index (χ0n) is 16.0. The van der Waals surface area contributed by atoms with E-state index in [-0.39, 0.29) is 30.5 Å². The molecule has 2 aromatic heterocycles. The molecule has 6 nitrogen and oxygen atoms in total. The third-order valence-corrected chi connectivity index (χ3v) is 6.35. The zero-order valence-corrected chi connectivity index (χ0v) is 16.0. The number of halogens is 4. The van der Waals surface area contributed by atoms with Gasteiger partial charge in [0, 0.05) is 30.8 Å². The molecule has 30 heavy (non-hydrogen) atoms. The first kappa shape index (κ1) is 20.8. The van der Waals surface area contributed by atoms with E-state index in [2.05, 4.69) is 0 Å². The Labute approximate surface area is 168 Å². The fraction of sp³-hybridized carbons (Fsp3) is 0.500. The van der Waals surface area contributed by atoms with Crippen molar-refractivity contribution in [2.75, 3.05) is 13.1 Å². The summed E-state index contributed by atoms with van der Waals surface area (Å²) in [7, 11) is 0. The second-order valence-corrected chi connectivity index (χ2v) is 7.97. The van der Waals surface area contributed by atoms with Gasteiger partial charge in [-0.1, -0.05) is 6.07 Å². The van der Waals surface area contributed by atoms with E-state index in [9.17, 15) is 27.9 Å². The highest BCUT2D eigenvalue weighted by Gasteiger charge is 2.67. The summed E-state index contributed by atoms with van der Waals surface area (Å²) < 4.78 is 60.4. The number of aromatic carboxylic acids is 1. The number of carboxylic acid groups (broad SMARTS) is 1. The SMILES string of the molecule is NCC1(C(F)(F)F)CCCN1C(F)(c1cc(C(=O)O)c(=O)n2ccccc12)C1CC1. The van der Waals surface area contributed by atoms with Crippen molar-refractivity contribution < 1.29 is 27.5 Å². The first-order valence-corrected chi connectivity index (χ1v) is 9.69. The molecule has 2 atom stereocenters. The molecule has 2 aliphatic rings. The molecule has 0 spiro atoms. The van der Waals surface area contributed by atoms with Crippen LogP contribution in [-0.4, -0.2) is 45.2 Å². The number of rotatable bonds is 5. The lowest BCUT2D eigenvalue weighted by Crippen LogP contribution is -2.65. The van der Waals surface area contributed by atoms with Crippen LogP contribution in [0.1, 0.15) is 41.6 Å². The minimum Gasteiger partial charge on any atom is -0.477 e. The molecule has 1 aliphatic carbocycles. The van der Waals surface area contributed by atoms with Gasteiger partial charge in [0.05, 0.1) is 5.52 Å². The van der Waals surface area contributed by atoms with E-state index >= 15 is 4.39 Å². The Kier molecular flexibility index (Phi) is 4.70. The molecule has 1 saturated carbocycles. The van der Waals surface area contributed by atoms with Crippen molar-refractivity contribution in [3.63, 3.8) is 0 Å². The molecule has 1 saturated heterocycles. The highest BCUT2D eigenvalue weighted by Crippen LogP contribution is 2.58. The fourth-order valence-corrected chi connectivity index (χ4v) is 4.71. The molecule has 2 fully saturated rings. The number of aromatic nitrogens is 1. The van der Waals surface area contributed by atoms with Gasteiger partial charge in [-0.3, -0.25) is 14.1 Å². The van der Waals surface area contributed by atoms with Crippen LogP contribution < -0.4 is 11.3 Å². The van der Waals surface area contributed by atoms with Crippen molar-refractivity contribution in [3.8, 4) is 0 Å². The summed E-state index contributed by atoms with van der Waals surface area (Å²) in [5, 5.41) is 9.46. The Morgan fingerprint density at radius 3 is 2.53 bits per heavy atom. The van der Waals surface area contributed by atoms with Gasteiger partial charge in [0.2, 0.25) is 0 Å². The molecule has 0 bridgehead atoms. The first-order chi connectivity index (χ1) is 14.1. The van der Waals surface area contributed by atoms with Crippen molar-refractivity contribution in [2.45, 2.75) is 43.2 Å². The molecule has 10 heteroatoms. The number of carbonyl (C=O) groups is 1. The predicted octanol–water partition coefficient (Wildman–Crippen LogP) is 2.89. The minimum atomic E-state index is -4.78. The molecule has 3 heterocycles. The topological polar surface area (TPSA) is 88.0 Å². The smallest absolute Gasteiger partial charge is 0.408 e. The van der Waals surface area contributed by atoms with Gasteiger partial charge in [0.25, 0.3) is 5.56 Å². The van der Waals surface area contributed by atoms with Crippen molar-refractivity contribution in [3.05, 3.63) is 51.9 Å². The molecular formula is C20H21F4N3O3. The van der Waals surface area contributed by atoms with Crippen LogP contribution in [-0.2, 0) is 5.79 Å². The quantitative estimate of drug-likeness (QED) is 0.566. The lowest BCUT2D eigenvalue weighted by molar-refractivity contribution is -0.256. The van der Waals surface area contributed by atoms with Crippen LogP contribution in [0, 0.1) is 5.92 Å². The second-order valence-electron chi connectivity index (χ2n) is 7.97. The second kappa shape index (κ2) is 6.78. The Balaban J connectivity index is 2.04. The number of likely N-dealkylation sites (tertiary alicyclic amines) is 1. The average molecular weight is 427 g/mol. The van der Waals surface area contributed by atoms with Crippen LogP contribution >= 0.6 is 0 Å². The summed E-state index contributed by atoms with van der Waals surface area (Å²) in [6.07, 6.45) is -3.03. The molecule has 2 unspecified atom stereocenters. The highest BCUT2D eigenvalue weighted by molar-refractivity contribution is 5.88. The third-order valence-electron chi connectivity index (χ3n) is 6.35. The summed E-state index contributed by atoms with van der Waals surface area (Å²) in [5.41, 5.74) is 1.25. The van der Waals surface area contributed by atoms with E-state index in [0.717, 1.165) is 15.4 Å². The minimum absolute atomic E-state index is 0.0434. The van der Waals surface area contributed by atoms with Crippen LogP contribution in [0.4, 0.5) is 17.6 Å². The number of pyridine rings is 2. The average Bonchev–Trinajstić information content (AvgIpc) is 3.45. The monoisotopic (exact) mass is 427 g/mol. The number of nitrogens with zero attached hydrogens (tertiary/aromatic N) is 2. The standard InChI is InChI=1S/C20H21F4N3O3/c21-19(12-5-6-12,27-9-3-7-18(27,11-25)20(22,23)24)14-10-13(17(29)30)16(28)26-8-2-1-4-15(14)26/h1-2,4,8,10,12H,3,5-7,9,11,25H2,(H,29,30). The predicted molar refractivity (Wildman–Crippen MR) is 99.9 cm³/mol. The zero-order chi connectivity index (χ0) is 21.9. The molecule has 4 rings (SSSR count). The maximum absolute atomic E-state index is 17.0. The number of hydrogen-bond acceptors (Lipinski definition) is 4. The molecule has 0 amide bonds. The van der Waals surface area contributed by atoms with E-state index in [0.29, 0.717) is 12.8 Å². The Hall–Kier alpha value is -2.46. The van der Waals surface area contributed by atoms with Crippen molar-refractivity contribution in [1.82, 2.24) is 9.30 Å². The Morgan fingerprint density at radius 2 is 1.97 bits per heavy atom. The number of carboxylic acids is 1. The summed E-state index contributed by atoms with van der Waals surface area (Å²) in [6, 6.07) is 5.30. The van der Waals surface area contributed by atoms with E-state index in [1.54, 1.807) is 0 Å². The van der Waals surface area contributed by atoms with Crippen LogP contribution in [0.2, 0.25) is 0 Å². The first-order valence-electron chi connectivity index (χ1n) is 9.69. The molecule has 0 aromatic carbocycles. The Morgan fingerprint density at radius 1 is 1.27 bits per heavy atom. The lowest BCUT2D eigenvalue weighted by Gasteiger charge is -2.47. The van der Waals surface area contributed by atoms with Crippen molar-refractivity contribution in [1.29, 1.82) is 0 Å². The van der Waals surface area contributed by atoms with Crippen LogP contribution in [0.25, 0.3) is 5.52 Å². The van der Waals surface area contributed by atoms with Crippen LogP contribution in [0.3, 0.4) is 0 Å². The van der Waals surface area contributed by atoms with E-state index < -0.39 is 47.1 Å². The number of nitrogens with two attached hydrogens (primary N) is 1. The van der Waals surface area contributed by atoms with Gasteiger partial charge in [-0.15, -0.1) is 0 Å². The number of fused-ring (bicyclic) bond motifs is 1. The van der Waals surface area contributed by atoms with Crippen LogP contribution in [0.5, 0.6) is 0 Å². The third kappa shape index (κ3) is 2.77. The lowest BCUT2D eigenvalue weighted by atomic mass is 9.88. The molecule has 0 radical (unpaired) electrons. The fourth-order valence-electron chi connectivity index (χ4n) is 4.71. The number of hydrogen-bond donors (Lipinski definition) is 2. The molecule has 1 aliphatic heterocycles. The maximum Gasteiger partial charge on any atom is 0.408 e. The largest absolute Gasteiger partial charge is 0.477 e. The summed E-state index contributed by atoms with van der Waals surface area (Å²) in [5.74, 6) is -4.94.